The summed E-state index contributed by atoms with van der Waals surface area (Å²) in [6, 6.07) is 5.32. The molecule has 0 fully saturated rings. The first kappa shape index (κ1) is 19.4. The van der Waals surface area contributed by atoms with Crippen LogP contribution in [0, 0.1) is 13.8 Å². The maximum atomic E-state index is 12.3. The molecule has 1 aromatic heterocycles. The summed E-state index contributed by atoms with van der Waals surface area (Å²) >= 11 is 0. The number of carbonyl (C=O) groups excluding carboxylic acids is 1. The normalized spacial score (nSPS) is 12.5. The van der Waals surface area contributed by atoms with Crippen molar-refractivity contribution < 1.29 is 37.0 Å². The quantitative estimate of drug-likeness (QED) is 0.808. The highest BCUT2D eigenvalue weighted by atomic mass is 19.4. The van der Waals surface area contributed by atoms with Crippen LogP contribution in [0.4, 0.5) is 13.2 Å². The molecule has 1 amide bonds. The van der Waals surface area contributed by atoms with E-state index in [1.807, 2.05) is 0 Å². The van der Waals surface area contributed by atoms with Gasteiger partial charge in [-0.3, -0.25) is 9.59 Å². The third kappa shape index (κ3) is 5.27. The lowest BCUT2D eigenvalue weighted by atomic mass is 10.0. The standard InChI is InChI=1S/C17H16F3NO5/c1-9-7-10(2)25-15(9)16(24)21-13(8-14(22)23)11-3-5-12(6-4-11)26-17(18,19)20/h3-7,13H,8H2,1-2H3,(H,21,24)(H,22,23). The van der Waals surface area contributed by atoms with Gasteiger partial charge in [-0.1, -0.05) is 12.1 Å². The summed E-state index contributed by atoms with van der Waals surface area (Å²) in [6.45, 7) is 3.33. The number of aliphatic carboxylic acids is 1. The molecule has 0 aliphatic carbocycles. The zero-order valence-electron chi connectivity index (χ0n) is 13.9. The van der Waals surface area contributed by atoms with Gasteiger partial charge in [-0.25, -0.2) is 0 Å². The predicted octanol–water partition coefficient (Wildman–Crippen LogP) is 3.74. The first-order valence-corrected chi connectivity index (χ1v) is 7.50. The highest BCUT2D eigenvalue weighted by Crippen LogP contribution is 2.26. The number of ether oxygens (including phenoxy) is 1. The zero-order valence-corrected chi connectivity index (χ0v) is 13.9. The monoisotopic (exact) mass is 371 g/mol. The number of carbonyl (C=O) groups is 2. The van der Waals surface area contributed by atoms with Gasteiger partial charge in [0.05, 0.1) is 12.5 Å². The van der Waals surface area contributed by atoms with Crippen molar-refractivity contribution in [2.75, 3.05) is 0 Å². The smallest absolute Gasteiger partial charge is 0.481 e. The minimum Gasteiger partial charge on any atom is -0.481 e. The van der Waals surface area contributed by atoms with E-state index in [4.69, 9.17) is 9.52 Å². The molecule has 0 aliphatic heterocycles. The SMILES string of the molecule is Cc1cc(C)c(C(=O)NC(CC(=O)O)c2ccc(OC(F)(F)F)cc2)o1. The molecule has 2 rings (SSSR count). The Bertz CT molecular complexity index is 796. The molecule has 0 radical (unpaired) electrons. The van der Waals surface area contributed by atoms with E-state index in [1.165, 1.54) is 12.1 Å². The van der Waals surface area contributed by atoms with Gasteiger partial charge in [-0.15, -0.1) is 13.2 Å². The van der Waals surface area contributed by atoms with E-state index in [1.54, 1.807) is 19.9 Å². The molecule has 26 heavy (non-hydrogen) atoms. The maximum absolute atomic E-state index is 12.3. The van der Waals surface area contributed by atoms with Gasteiger partial charge in [-0.05, 0) is 37.6 Å². The number of hydrogen-bond donors (Lipinski definition) is 2. The minimum absolute atomic E-state index is 0.0508. The van der Waals surface area contributed by atoms with Crippen molar-refractivity contribution in [1.29, 1.82) is 0 Å². The number of furan rings is 1. The molecule has 9 heteroatoms. The third-order valence-corrected chi connectivity index (χ3v) is 3.45. The van der Waals surface area contributed by atoms with Gasteiger partial charge < -0.3 is 19.6 Å². The van der Waals surface area contributed by atoms with E-state index < -0.39 is 36.5 Å². The van der Waals surface area contributed by atoms with Crippen LogP contribution in [-0.4, -0.2) is 23.3 Å². The lowest BCUT2D eigenvalue weighted by Crippen LogP contribution is -2.30. The first-order chi connectivity index (χ1) is 12.0. The van der Waals surface area contributed by atoms with Crippen molar-refractivity contribution in [2.45, 2.75) is 32.7 Å². The van der Waals surface area contributed by atoms with Crippen molar-refractivity contribution >= 4 is 11.9 Å². The summed E-state index contributed by atoms with van der Waals surface area (Å²) in [5.41, 5.74) is 0.902. The van der Waals surface area contributed by atoms with Crippen molar-refractivity contribution in [2.24, 2.45) is 0 Å². The molecule has 0 saturated heterocycles. The molecule has 0 spiro atoms. The van der Waals surface area contributed by atoms with E-state index in [0.29, 0.717) is 16.9 Å². The zero-order chi connectivity index (χ0) is 19.5. The van der Waals surface area contributed by atoms with Crippen LogP contribution < -0.4 is 10.1 Å². The number of hydrogen-bond acceptors (Lipinski definition) is 4. The lowest BCUT2D eigenvalue weighted by Gasteiger charge is -2.18. The van der Waals surface area contributed by atoms with Crippen LogP contribution in [-0.2, 0) is 4.79 Å². The van der Waals surface area contributed by atoms with Crippen molar-refractivity contribution in [1.82, 2.24) is 5.32 Å². The van der Waals surface area contributed by atoms with Gasteiger partial charge in [0.25, 0.3) is 5.91 Å². The van der Waals surface area contributed by atoms with Gasteiger partial charge in [0.15, 0.2) is 5.76 Å². The van der Waals surface area contributed by atoms with E-state index in [9.17, 15) is 22.8 Å². The Labute approximate surface area is 146 Å². The molecule has 6 nitrogen and oxygen atoms in total. The fourth-order valence-electron chi connectivity index (χ4n) is 2.42. The molecular weight excluding hydrogens is 355 g/mol. The second kappa shape index (κ2) is 7.51. The molecule has 1 heterocycles. The number of amides is 1. The summed E-state index contributed by atoms with van der Waals surface area (Å²) < 4.78 is 45.7. The van der Waals surface area contributed by atoms with Crippen LogP contribution in [0.15, 0.2) is 34.7 Å². The molecule has 0 bridgehead atoms. The minimum atomic E-state index is -4.83. The fourth-order valence-corrected chi connectivity index (χ4v) is 2.42. The van der Waals surface area contributed by atoms with Crippen molar-refractivity contribution in [3.63, 3.8) is 0 Å². The van der Waals surface area contributed by atoms with Gasteiger partial charge in [0.2, 0.25) is 0 Å². The summed E-state index contributed by atoms with van der Waals surface area (Å²) in [7, 11) is 0. The van der Waals surface area contributed by atoms with Crippen molar-refractivity contribution in [3.8, 4) is 5.75 Å². The molecule has 1 unspecified atom stereocenters. The number of rotatable bonds is 6. The molecule has 2 aromatic rings. The number of nitrogens with one attached hydrogen (secondary N) is 1. The van der Waals surface area contributed by atoms with E-state index in [0.717, 1.165) is 12.1 Å². The Hall–Kier alpha value is -2.97. The number of aryl methyl sites for hydroxylation is 2. The number of carboxylic acids is 1. The topological polar surface area (TPSA) is 88.8 Å². The molecule has 1 aromatic carbocycles. The average molecular weight is 371 g/mol. The van der Waals surface area contributed by atoms with E-state index in [-0.39, 0.29) is 5.76 Å². The fraction of sp³-hybridized carbons (Fsp3) is 0.294. The summed E-state index contributed by atoms with van der Waals surface area (Å²) in [5, 5.41) is 11.6. The number of benzene rings is 1. The van der Waals surface area contributed by atoms with Crippen LogP contribution in [0.25, 0.3) is 0 Å². The maximum Gasteiger partial charge on any atom is 0.573 e. The average Bonchev–Trinajstić information content (AvgIpc) is 2.84. The Kier molecular flexibility index (Phi) is 5.59. The van der Waals surface area contributed by atoms with E-state index >= 15 is 0 Å². The Morgan fingerprint density at radius 2 is 1.85 bits per heavy atom. The summed E-state index contributed by atoms with van der Waals surface area (Å²) in [5.74, 6) is -1.67. The van der Waals surface area contributed by atoms with Crippen LogP contribution in [0.3, 0.4) is 0 Å². The largest absolute Gasteiger partial charge is 0.573 e. The first-order valence-electron chi connectivity index (χ1n) is 7.50. The highest BCUT2D eigenvalue weighted by molar-refractivity contribution is 5.93. The predicted molar refractivity (Wildman–Crippen MR) is 83.8 cm³/mol. The van der Waals surface area contributed by atoms with Crippen LogP contribution in [0.5, 0.6) is 5.75 Å². The van der Waals surface area contributed by atoms with Crippen molar-refractivity contribution in [3.05, 3.63) is 53.0 Å². The highest BCUT2D eigenvalue weighted by Gasteiger charge is 2.31. The lowest BCUT2D eigenvalue weighted by molar-refractivity contribution is -0.274. The van der Waals surface area contributed by atoms with Gasteiger partial charge in [0.1, 0.15) is 11.5 Å². The number of halogens is 3. The molecular formula is C17H16F3NO5. The Morgan fingerprint density at radius 3 is 2.31 bits per heavy atom. The van der Waals surface area contributed by atoms with Gasteiger partial charge in [-0.2, -0.15) is 0 Å². The summed E-state index contributed by atoms with van der Waals surface area (Å²) in [4.78, 5) is 23.4. The molecule has 0 aliphatic rings. The van der Waals surface area contributed by atoms with E-state index in [2.05, 4.69) is 10.1 Å². The molecule has 2 N–H and O–H groups in total. The van der Waals surface area contributed by atoms with Gasteiger partial charge in [0, 0.05) is 5.56 Å². The van der Waals surface area contributed by atoms with Gasteiger partial charge >= 0.3 is 12.3 Å². The molecule has 1 atom stereocenters. The molecule has 0 saturated carbocycles. The Morgan fingerprint density at radius 1 is 1.23 bits per heavy atom. The summed E-state index contributed by atoms with van der Waals surface area (Å²) in [6.07, 6.45) is -5.28. The Balaban J connectivity index is 2.20. The molecule has 140 valence electrons. The second-order valence-electron chi connectivity index (χ2n) is 5.61. The second-order valence-corrected chi connectivity index (χ2v) is 5.61. The van der Waals surface area contributed by atoms with Crippen LogP contribution in [0.1, 0.15) is 39.9 Å². The number of alkyl halides is 3. The van der Waals surface area contributed by atoms with Crippen LogP contribution in [0.2, 0.25) is 0 Å². The van der Waals surface area contributed by atoms with Crippen LogP contribution >= 0.6 is 0 Å². The third-order valence-electron chi connectivity index (χ3n) is 3.45. The number of carboxylic acid groups (broad SMARTS) is 1.